The zero-order chi connectivity index (χ0) is 19.9. The summed E-state index contributed by atoms with van der Waals surface area (Å²) in [5, 5.41) is 14.7. The number of anilines is 1. The number of nitrogens with one attached hydrogen (secondary N) is 2. The number of benzene rings is 1. The van der Waals surface area contributed by atoms with Crippen LogP contribution in [0.4, 0.5) is 5.69 Å². The first-order chi connectivity index (χ1) is 13.5. The molecule has 0 radical (unpaired) electrons. The van der Waals surface area contributed by atoms with Gasteiger partial charge in [-0.2, -0.15) is 0 Å². The van der Waals surface area contributed by atoms with Crippen molar-refractivity contribution in [3.05, 3.63) is 59.4 Å². The molecular formula is C21H23N3O4. The lowest BCUT2D eigenvalue weighted by Crippen LogP contribution is -2.25. The van der Waals surface area contributed by atoms with Gasteiger partial charge >= 0.3 is 5.97 Å². The largest absolute Gasteiger partial charge is 0.478 e. The number of rotatable bonds is 6. The highest BCUT2D eigenvalue weighted by Gasteiger charge is 2.21. The molecule has 2 aromatic rings. The first-order valence-corrected chi connectivity index (χ1v) is 9.40. The normalized spacial score (nSPS) is 14.3. The van der Waals surface area contributed by atoms with Gasteiger partial charge in [-0.1, -0.05) is 31.4 Å². The molecule has 7 nitrogen and oxygen atoms in total. The lowest BCUT2D eigenvalue weighted by atomic mass is 9.88. The van der Waals surface area contributed by atoms with E-state index in [9.17, 15) is 14.4 Å². The second-order valence-electron chi connectivity index (χ2n) is 6.94. The van der Waals surface area contributed by atoms with Crippen LogP contribution in [0.25, 0.3) is 0 Å². The van der Waals surface area contributed by atoms with Gasteiger partial charge in [0.15, 0.2) is 0 Å². The third kappa shape index (κ3) is 5.16. The lowest BCUT2D eigenvalue weighted by Gasteiger charge is -2.20. The van der Waals surface area contributed by atoms with Gasteiger partial charge in [0, 0.05) is 24.3 Å². The summed E-state index contributed by atoms with van der Waals surface area (Å²) in [5.74, 6) is -1.45. The highest BCUT2D eigenvalue weighted by Crippen LogP contribution is 2.25. The Labute approximate surface area is 163 Å². The average molecular weight is 381 g/mol. The van der Waals surface area contributed by atoms with Crippen LogP contribution in [0.15, 0.2) is 42.6 Å². The van der Waals surface area contributed by atoms with Crippen LogP contribution in [-0.4, -0.2) is 27.9 Å². The van der Waals surface area contributed by atoms with E-state index in [1.165, 1.54) is 24.8 Å². The predicted octanol–water partition coefficient (Wildman–Crippen LogP) is 3.23. The first-order valence-electron chi connectivity index (χ1n) is 9.40. The van der Waals surface area contributed by atoms with Gasteiger partial charge in [0.1, 0.15) is 5.69 Å². The second-order valence-corrected chi connectivity index (χ2v) is 6.94. The van der Waals surface area contributed by atoms with Crippen molar-refractivity contribution in [3.8, 4) is 0 Å². The number of aromatic carboxylic acids is 1. The lowest BCUT2D eigenvalue weighted by molar-refractivity contribution is -0.120. The van der Waals surface area contributed by atoms with E-state index in [0.29, 0.717) is 5.69 Å². The molecule has 7 heteroatoms. The van der Waals surface area contributed by atoms with E-state index < -0.39 is 11.9 Å². The predicted molar refractivity (Wildman–Crippen MR) is 104 cm³/mol. The molecule has 1 aromatic carbocycles. The number of carbonyl (C=O) groups is 3. The zero-order valence-electron chi connectivity index (χ0n) is 15.5. The number of hydrogen-bond acceptors (Lipinski definition) is 4. The molecule has 3 N–H and O–H groups in total. The molecule has 0 spiro atoms. The number of aromatic nitrogens is 1. The van der Waals surface area contributed by atoms with Crippen molar-refractivity contribution in [2.45, 2.75) is 38.6 Å². The molecule has 0 aliphatic heterocycles. The van der Waals surface area contributed by atoms with Crippen molar-refractivity contribution in [1.82, 2.24) is 10.3 Å². The molecule has 146 valence electrons. The molecule has 1 fully saturated rings. The van der Waals surface area contributed by atoms with Crippen molar-refractivity contribution < 1.29 is 19.5 Å². The summed E-state index contributed by atoms with van der Waals surface area (Å²) < 4.78 is 0. The number of amides is 2. The summed E-state index contributed by atoms with van der Waals surface area (Å²) in [7, 11) is 0. The van der Waals surface area contributed by atoms with Crippen molar-refractivity contribution in [3.63, 3.8) is 0 Å². The van der Waals surface area contributed by atoms with Crippen LogP contribution in [0.5, 0.6) is 0 Å². The van der Waals surface area contributed by atoms with Crippen LogP contribution in [0.2, 0.25) is 0 Å². The molecule has 0 bridgehead atoms. The maximum absolute atomic E-state index is 12.4. The summed E-state index contributed by atoms with van der Waals surface area (Å²) in [6, 6.07) is 9.88. The number of nitrogens with zero attached hydrogens (tertiary/aromatic N) is 1. The van der Waals surface area contributed by atoms with Crippen molar-refractivity contribution >= 4 is 23.5 Å². The fraction of sp³-hybridized carbons (Fsp3) is 0.333. The van der Waals surface area contributed by atoms with Gasteiger partial charge in [-0.05, 0) is 42.7 Å². The Kier molecular flexibility index (Phi) is 6.37. The molecule has 0 atom stereocenters. The van der Waals surface area contributed by atoms with E-state index in [-0.39, 0.29) is 29.6 Å². The zero-order valence-corrected chi connectivity index (χ0v) is 15.5. The van der Waals surface area contributed by atoms with Crippen molar-refractivity contribution in [2.24, 2.45) is 5.92 Å². The standard InChI is InChI=1S/C21H23N3O4/c25-19(15-6-2-1-3-7-15)24-17-8-4-5-14(11-17)13-23-20(26)18-12-16(21(27)28)9-10-22-18/h4-5,8-12,15H,1-3,6-7,13H2,(H,23,26)(H,24,25)(H,27,28). The summed E-state index contributed by atoms with van der Waals surface area (Å²) in [6.45, 7) is 0.241. The van der Waals surface area contributed by atoms with Crippen LogP contribution < -0.4 is 10.6 Å². The van der Waals surface area contributed by atoms with Gasteiger partial charge in [0.2, 0.25) is 5.91 Å². The van der Waals surface area contributed by atoms with Crippen LogP contribution in [0.1, 0.15) is 58.5 Å². The molecule has 3 rings (SSSR count). The van der Waals surface area contributed by atoms with E-state index in [1.807, 2.05) is 24.3 Å². The molecule has 1 heterocycles. The fourth-order valence-corrected chi connectivity index (χ4v) is 3.33. The van der Waals surface area contributed by atoms with Crippen molar-refractivity contribution in [1.29, 1.82) is 0 Å². The van der Waals surface area contributed by atoms with Gasteiger partial charge in [0.25, 0.3) is 5.91 Å². The Balaban J connectivity index is 1.58. The number of carbonyl (C=O) groups excluding carboxylic acids is 2. The fourth-order valence-electron chi connectivity index (χ4n) is 3.33. The van der Waals surface area contributed by atoms with Crippen LogP contribution in [0.3, 0.4) is 0 Å². The molecule has 0 saturated heterocycles. The smallest absolute Gasteiger partial charge is 0.335 e. The minimum atomic E-state index is -1.11. The number of hydrogen-bond donors (Lipinski definition) is 3. The summed E-state index contributed by atoms with van der Waals surface area (Å²) in [5.41, 5.74) is 1.58. The van der Waals surface area contributed by atoms with Crippen LogP contribution in [-0.2, 0) is 11.3 Å². The monoisotopic (exact) mass is 381 g/mol. The average Bonchev–Trinajstić information content (AvgIpc) is 2.73. The maximum Gasteiger partial charge on any atom is 0.335 e. The summed E-state index contributed by atoms with van der Waals surface area (Å²) in [4.78, 5) is 39.5. The summed E-state index contributed by atoms with van der Waals surface area (Å²) >= 11 is 0. The van der Waals surface area contributed by atoms with Crippen LogP contribution >= 0.6 is 0 Å². The Morgan fingerprint density at radius 1 is 1.07 bits per heavy atom. The van der Waals surface area contributed by atoms with E-state index in [4.69, 9.17) is 5.11 Å². The Hall–Kier alpha value is -3.22. The van der Waals surface area contributed by atoms with Gasteiger partial charge in [-0.15, -0.1) is 0 Å². The quantitative estimate of drug-likeness (QED) is 0.712. The molecule has 1 saturated carbocycles. The second kappa shape index (κ2) is 9.12. The first kappa shape index (κ1) is 19.5. The highest BCUT2D eigenvalue weighted by molar-refractivity contribution is 5.96. The van der Waals surface area contributed by atoms with E-state index in [1.54, 1.807) is 0 Å². The number of pyridine rings is 1. The van der Waals surface area contributed by atoms with Gasteiger partial charge in [-0.3, -0.25) is 14.6 Å². The number of carboxylic acid groups (broad SMARTS) is 1. The third-order valence-electron chi connectivity index (χ3n) is 4.86. The van der Waals surface area contributed by atoms with Crippen LogP contribution in [0, 0.1) is 5.92 Å². The molecule has 28 heavy (non-hydrogen) atoms. The molecule has 0 unspecified atom stereocenters. The Morgan fingerprint density at radius 3 is 2.61 bits per heavy atom. The third-order valence-corrected chi connectivity index (χ3v) is 4.86. The van der Waals surface area contributed by atoms with Gasteiger partial charge < -0.3 is 15.7 Å². The molecule has 2 amide bonds. The SMILES string of the molecule is O=C(O)c1ccnc(C(=O)NCc2cccc(NC(=O)C3CCCCC3)c2)c1. The van der Waals surface area contributed by atoms with Crippen molar-refractivity contribution in [2.75, 3.05) is 5.32 Å². The van der Waals surface area contributed by atoms with Gasteiger partial charge in [0.05, 0.1) is 5.56 Å². The van der Waals surface area contributed by atoms with E-state index in [0.717, 1.165) is 31.2 Å². The minimum absolute atomic E-state index is 0.00701. The summed E-state index contributed by atoms with van der Waals surface area (Å²) in [6.07, 6.45) is 6.56. The Bertz CT molecular complexity index is 875. The van der Waals surface area contributed by atoms with E-state index >= 15 is 0 Å². The molecule has 1 aliphatic carbocycles. The number of carboxylic acids is 1. The Morgan fingerprint density at radius 2 is 1.86 bits per heavy atom. The molecule has 1 aliphatic rings. The van der Waals surface area contributed by atoms with E-state index in [2.05, 4.69) is 15.6 Å². The maximum atomic E-state index is 12.4. The topological polar surface area (TPSA) is 108 Å². The molecule has 1 aromatic heterocycles. The highest BCUT2D eigenvalue weighted by atomic mass is 16.4. The minimum Gasteiger partial charge on any atom is -0.478 e. The molecular weight excluding hydrogens is 358 g/mol. The van der Waals surface area contributed by atoms with Gasteiger partial charge in [-0.25, -0.2) is 4.79 Å².